The number of thiazole rings is 1. The number of aryl methyl sites for hydroxylation is 1. The van der Waals surface area contributed by atoms with Gasteiger partial charge in [-0.2, -0.15) is 0 Å². The monoisotopic (exact) mass is 297 g/mol. The zero-order valence-electron chi connectivity index (χ0n) is 10.2. The van der Waals surface area contributed by atoms with E-state index in [4.69, 9.17) is 21.4 Å². The van der Waals surface area contributed by atoms with Gasteiger partial charge < -0.3 is 9.84 Å². The Labute approximate surface area is 119 Å². The fraction of sp³-hybridized carbons (Fsp3) is 0.231. The van der Waals surface area contributed by atoms with Crippen LogP contribution in [0.25, 0.3) is 0 Å². The van der Waals surface area contributed by atoms with Crippen LogP contribution in [0, 0.1) is 0 Å². The van der Waals surface area contributed by atoms with Gasteiger partial charge in [-0.15, -0.1) is 11.3 Å². The van der Waals surface area contributed by atoms with Gasteiger partial charge in [-0.05, 0) is 30.2 Å². The molecule has 1 heterocycles. The fourth-order valence-electron chi connectivity index (χ4n) is 1.54. The number of hydrogen-bond donors (Lipinski definition) is 1. The van der Waals surface area contributed by atoms with Gasteiger partial charge in [0, 0.05) is 10.4 Å². The molecular formula is C13H12ClNO3S. The van der Waals surface area contributed by atoms with Crippen molar-refractivity contribution in [2.24, 2.45) is 0 Å². The van der Waals surface area contributed by atoms with E-state index < -0.39 is 5.97 Å². The molecule has 0 fully saturated rings. The second kappa shape index (κ2) is 6.04. The average Bonchev–Trinajstić information content (AvgIpc) is 2.87. The first-order valence-electron chi connectivity index (χ1n) is 5.69. The lowest BCUT2D eigenvalue weighted by Crippen LogP contribution is -1.99. The van der Waals surface area contributed by atoms with Gasteiger partial charge in [0.05, 0.1) is 5.69 Å². The molecule has 0 radical (unpaired) electrons. The summed E-state index contributed by atoms with van der Waals surface area (Å²) in [5.41, 5.74) is 1.62. The van der Waals surface area contributed by atoms with E-state index in [2.05, 4.69) is 4.98 Å². The van der Waals surface area contributed by atoms with E-state index in [0.29, 0.717) is 11.4 Å². The average molecular weight is 298 g/mol. The SMILES string of the molecule is CCc1cc(OCc2csc(C(=O)O)n2)ccc1Cl. The Balaban J connectivity index is 2.03. The summed E-state index contributed by atoms with van der Waals surface area (Å²) in [6.07, 6.45) is 0.829. The van der Waals surface area contributed by atoms with Gasteiger partial charge in [0.15, 0.2) is 0 Å². The van der Waals surface area contributed by atoms with Crippen LogP contribution in [0.4, 0.5) is 0 Å². The van der Waals surface area contributed by atoms with Crippen LogP contribution in [0.1, 0.15) is 28.0 Å². The quantitative estimate of drug-likeness (QED) is 0.915. The highest BCUT2D eigenvalue weighted by atomic mass is 35.5. The minimum Gasteiger partial charge on any atom is -0.487 e. The second-order valence-corrected chi connectivity index (χ2v) is 5.11. The van der Waals surface area contributed by atoms with Gasteiger partial charge in [0.1, 0.15) is 12.4 Å². The number of hydrogen-bond acceptors (Lipinski definition) is 4. The molecule has 1 N–H and O–H groups in total. The third-order valence-electron chi connectivity index (χ3n) is 2.52. The van der Waals surface area contributed by atoms with Crippen molar-refractivity contribution in [1.29, 1.82) is 0 Å². The largest absolute Gasteiger partial charge is 0.487 e. The lowest BCUT2D eigenvalue weighted by atomic mass is 10.1. The number of aromatic nitrogens is 1. The smallest absolute Gasteiger partial charge is 0.365 e. The maximum absolute atomic E-state index is 10.7. The van der Waals surface area contributed by atoms with Gasteiger partial charge in [-0.1, -0.05) is 18.5 Å². The van der Waals surface area contributed by atoms with Crippen LogP contribution in [-0.2, 0) is 13.0 Å². The lowest BCUT2D eigenvalue weighted by Gasteiger charge is -2.07. The number of carboxylic acids is 1. The van der Waals surface area contributed by atoms with Crippen molar-refractivity contribution >= 4 is 28.9 Å². The van der Waals surface area contributed by atoms with Gasteiger partial charge >= 0.3 is 5.97 Å². The van der Waals surface area contributed by atoms with Crippen molar-refractivity contribution in [2.45, 2.75) is 20.0 Å². The Hall–Kier alpha value is -1.59. The molecule has 0 spiro atoms. The molecule has 0 amide bonds. The normalized spacial score (nSPS) is 10.4. The van der Waals surface area contributed by atoms with E-state index in [1.807, 2.05) is 13.0 Å². The summed E-state index contributed by atoms with van der Waals surface area (Å²) in [6, 6.07) is 5.46. The number of nitrogens with zero attached hydrogens (tertiary/aromatic N) is 1. The van der Waals surface area contributed by atoms with Crippen molar-refractivity contribution < 1.29 is 14.6 Å². The molecule has 2 rings (SSSR count). The summed E-state index contributed by atoms with van der Waals surface area (Å²) in [5, 5.41) is 11.2. The number of halogens is 1. The Morgan fingerprint density at radius 2 is 2.32 bits per heavy atom. The van der Waals surface area contributed by atoms with E-state index in [0.717, 1.165) is 28.3 Å². The Morgan fingerprint density at radius 3 is 2.95 bits per heavy atom. The first-order chi connectivity index (χ1) is 9.10. The summed E-state index contributed by atoms with van der Waals surface area (Å²) in [4.78, 5) is 14.7. The van der Waals surface area contributed by atoms with Crippen LogP contribution >= 0.6 is 22.9 Å². The molecule has 100 valence electrons. The highest BCUT2D eigenvalue weighted by Crippen LogP contribution is 2.23. The summed E-state index contributed by atoms with van der Waals surface area (Å²) in [7, 11) is 0. The van der Waals surface area contributed by atoms with Gasteiger partial charge in [-0.3, -0.25) is 0 Å². The standard InChI is InChI=1S/C13H12ClNO3S/c1-2-8-5-10(3-4-11(8)14)18-6-9-7-19-12(15-9)13(16)17/h3-5,7H,2,6H2,1H3,(H,16,17). The van der Waals surface area contributed by atoms with Crippen LogP contribution in [0.3, 0.4) is 0 Å². The molecule has 0 aliphatic carbocycles. The van der Waals surface area contributed by atoms with E-state index in [1.54, 1.807) is 17.5 Å². The lowest BCUT2D eigenvalue weighted by molar-refractivity contribution is 0.0696. The van der Waals surface area contributed by atoms with Crippen molar-refractivity contribution in [2.75, 3.05) is 0 Å². The zero-order valence-corrected chi connectivity index (χ0v) is 11.8. The molecule has 4 nitrogen and oxygen atoms in total. The Morgan fingerprint density at radius 1 is 1.53 bits per heavy atom. The van der Waals surface area contributed by atoms with Crippen molar-refractivity contribution in [3.63, 3.8) is 0 Å². The Kier molecular flexibility index (Phi) is 4.39. The van der Waals surface area contributed by atoms with Crippen LogP contribution in [0.5, 0.6) is 5.75 Å². The molecule has 0 bridgehead atoms. The van der Waals surface area contributed by atoms with Crippen LogP contribution in [0.15, 0.2) is 23.6 Å². The molecule has 19 heavy (non-hydrogen) atoms. The van der Waals surface area contributed by atoms with E-state index >= 15 is 0 Å². The Bertz CT molecular complexity index is 597. The summed E-state index contributed by atoms with van der Waals surface area (Å²) in [5.74, 6) is -0.317. The third-order valence-corrected chi connectivity index (χ3v) is 3.77. The van der Waals surface area contributed by atoms with Crippen molar-refractivity contribution in [1.82, 2.24) is 4.98 Å². The van der Waals surface area contributed by atoms with Gasteiger partial charge in [0.25, 0.3) is 0 Å². The topological polar surface area (TPSA) is 59.4 Å². The second-order valence-electron chi connectivity index (χ2n) is 3.84. The first-order valence-corrected chi connectivity index (χ1v) is 6.95. The molecule has 0 saturated carbocycles. The van der Waals surface area contributed by atoms with Gasteiger partial charge in [0.2, 0.25) is 5.01 Å². The van der Waals surface area contributed by atoms with Crippen molar-refractivity contribution in [3.8, 4) is 5.75 Å². The number of ether oxygens (including phenoxy) is 1. The molecule has 1 aromatic carbocycles. The maximum atomic E-state index is 10.7. The molecule has 6 heteroatoms. The molecule has 0 atom stereocenters. The molecule has 0 unspecified atom stereocenters. The first kappa shape index (κ1) is 13.8. The van der Waals surface area contributed by atoms with E-state index in [9.17, 15) is 4.79 Å². The minimum absolute atomic E-state index is 0.0731. The molecular weight excluding hydrogens is 286 g/mol. The highest BCUT2D eigenvalue weighted by Gasteiger charge is 2.09. The number of aromatic carboxylic acids is 1. The molecule has 2 aromatic rings. The van der Waals surface area contributed by atoms with Gasteiger partial charge in [-0.25, -0.2) is 9.78 Å². The molecule has 0 aliphatic heterocycles. The zero-order chi connectivity index (χ0) is 13.8. The predicted molar refractivity (Wildman–Crippen MR) is 74.2 cm³/mol. The summed E-state index contributed by atoms with van der Waals surface area (Å²) < 4.78 is 5.58. The van der Waals surface area contributed by atoms with Crippen LogP contribution in [0.2, 0.25) is 5.02 Å². The number of carboxylic acid groups (broad SMARTS) is 1. The maximum Gasteiger partial charge on any atom is 0.365 e. The highest BCUT2D eigenvalue weighted by molar-refractivity contribution is 7.11. The van der Waals surface area contributed by atoms with Crippen molar-refractivity contribution in [3.05, 3.63) is 44.9 Å². The summed E-state index contributed by atoms with van der Waals surface area (Å²) in [6.45, 7) is 2.26. The van der Waals surface area contributed by atoms with E-state index in [-0.39, 0.29) is 11.6 Å². The van der Waals surface area contributed by atoms with Crippen LogP contribution in [-0.4, -0.2) is 16.1 Å². The summed E-state index contributed by atoms with van der Waals surface area (Å²) >= 11 is 7.11. The predicted octanol–water partition coefficient (Wildman–Crippen LogP) is 3.64. The fourth-order valence-corrected chi connectivity index (χ4v) is 2.43. The third kappa shape index (κ3) is 3.45. The number of benzene rings is 1. The minimum atomic E-state index is -1.02. The number of carbonyl (C=O) groups is 1. The van der Waals surface area contributed by atoms with Crippen LogP contribution < -0.4 is 4.74 Å². The van der Waals surface area contributed by atoms with E-state index in [1.165, 1.54) is 0 Å². The number of rotatable bonds is 5. The molecule has 1 aromatic heterocycles. The molecule has 0 saturated heterocycles. The molecule has 0 aliphatic rings.